The fraction of sp³-hybridized carbons (Fsp3) is 0.667. The first-order valence-corrected chi connectivity index (χ1v) is 5.86. The number of carboxylic acids is 1. The van der Waals surface area contributed by atoms with Gasteiger partial charge >= 0.3 is 5.97 Å². The van der Waals surface area contributed by atoms with E-state index in [1.807, 2.05) is 6.92 Å². The average Bonchev–Trinajstić information content (AvgIpc) is 2.99. The Kier molecular flexibility index (Phi) is 2.99. The molecule has 1 aliphatic rings. The minimum atomic E-state index is -1.01. The summed E-state index contributed by atoms with van der Waals surface area (Å²) < 4.78 is 5.38. The van der Waals surface area contributed by atoms with Crippen molar-refractivity contribution in [1.29, 1.82) is 0 Å². The maximum Gasteiger partial charge on any atom is 0.373 e. The summed E-state index contributed by atoms with van der Waals surface area (Å²) in [6, 6.07) is 0. The summed E-state index contributed by atoms with van der Waals surface area (Å²) in [5.74, 6) is 0.511. The minimum Gasteiger partial charge on any atom is -0.475 e. The molecule has 2 rings (SSSR count). The lowest BCUT2D eigenvalue weighted by molar-refractivity contribution is 0.0658. The highest BCUT2D eigenvalue weighted by Crippen LogP contribution is 2.42. The third kappa shape index (κ3) is 2.10. The molecule has 16 heavy (non-hydrogen) atoms. The van der Waals surface area contributed by atoms with Gasteiger partial charge < -0.3 is 9.52 Å². The number of carbonyl (C=O) groups is 1. The molecule has 0 spiro atoms. The van der Waals surface area contributed by atoms with E-state index in [1.54, 1.807) is 0 Å². The van der Waals surface area contributed by atoms with Crippen molar-refractivity contribution in [3.8, 4) is 0 Å². The third-order valence-corrected chi connectivity index (χ3v) is 3.11. The Hall–Kier alpha value is -1.32. The predicted molar refractivity (Wildman–Crippen MR) is 58.6 cm³/mol. The molecule has 1 N–H and O–H groups in total. The van der Waals surface area contributed by atoms with Crippen molar-refractivity contribution in [2.75, 3.05) is 0 Å². The van der Waals surface area contributed by atoms with E-state index in [4.69, 9.17) is 9.52 Å². The Labute approximate surface area is 94.7 Å². The first kappa shape index (κ1) is 11.2. The lowest BCUT2D eigenvalue weighted by atomic mass is 10.1. The maximum atomic E-state index is 11.0. The van der Waals surface area contributed by atoms with Crippen LogP contribution in [0.3, 0.4) is 0 Å². The monoisotopic (exact) mass is 223 g/mol. The lowest BCUT2D eigenvalue weighted by Gasteiger charge is -2.02. The number of aromatic nitrogens is 1. The van der Waals surface area contributed by atoms with Crippen LogP contribution in [0.1, 0.15) is 61.2 Å². The molecule has 0 aromatic carbocycles. The second-order valence-electron chi connectivity index (χ2n) is 4.51. The van der Waals surface area contributed by atoms with Crippen LogP contribution in [0.4, 0.5) is 0 Å². The van der Waals surface area contributed by atoms with Crippen molar-refractivity contribution in [2.24, 2.45) is 5.92 Å². The van der Waals surface area contributed by atoms with E-state index in [1.165, 1.54) is 12.8 Å². The van der Waals surface area contributed by atoms with Crippen LogP contribution in [0.5, 0.6) is 0 Å². The van der Waals surface area contributed by atoms with Crippen LogP contribution in [-0.4, -0.2) is 16.1 Å². The van der Waals surface area contributed by atoms with Crippen molar-refractivity contribution in [3.63, 3.8) is 0 Å². The molecule has 1 aromatic heterocycles. The Morgan fingerprint density at radius 3 is 2.81 bits per heavy atom. The molecule has 0 bridgehead atoms. The summed E-state index contributed by atoms with van der Waals surface area (Å²) in [6.07, 6.45) is 3.96. The topological polar surface area (TPSA) is 63.3 Å². The van der Waals surface area contributed by atoms with Gasteiger partial charge in [0, 0.05) is 5.92 Å². The number of hydrogen-bond acceptors (Lipinski definition) is 3. The molecule has 0 saturated heterocycles. The standard InChI is InChI=1S/C12H17NO3/c1-3-4-9-10(12(14)15)16-11(13-9)7(2)8-5-6-8/h7-8H,3-6H2,1-2H3,(H,14,15). The van der Waals surface area contributed by atoms with Crippen molar-refractivity contribution in [1.82, 2.24) is 4.98 Å². The molecule has 4 heteroatoms. The highest BCUT2D eigenvalue weighted by atomic mass is 16.4. The zero-order valence-corrected chi connectivity index (χ0v) is 9.69. The van der Waals surface area contributed by atoms with Gasteiger partial charge in [-0.25, -0.2) is 9.78 Å². The van der Waals surface area contributed by atoms with Gasteiger partial charge in [-0.1, -0.05) is 20.3 Å². The molecular formula is C12H17NO3. The molecule has 1 heterocycles. The zero-order valence-electron chi connectivity index (χ0n) is 9.69. The largest absolute Gasteiger partial charge is 0.475 e. The van der Waals surface area contributed by atoms with Gasteiger partial charge in [-0.05, 0) is 25.2 Å². The zero-order chi connectivity index (χ0) is 11.7. The molecule has 0 aliphatic heterocycles. The van der Waals surface area contributed by atoms with Crippen LogP contribution < -0.4 is 0 Å². The van der Waals surface area contributed by atoms with Gasteiger partial charge in [0.1, 0.15) is 0 Å². The SMILES string of the molecule is CCCc1nc(C(C)C2CC2)oc1C(=O)O. The normalized spacial score (nSPS) is 17.4. The Morgan fingerprint density at radius 1 is 1.62 bits per heavy atom. The highest BCUT2D eigenvalue weighted by molar-refractivity contribution is 5.85. The molecule has 0 amide bonds. The first-order valence-electron chi connectivity index (χ1n) is 5.86. The summed E-state index contributed by atoms with van der Waals surface area (Å²) in [7, 11) is 0. The van der Waals surface area contributed by atoms with Gasteiger partial charge in [0.25, 0.3) is 0 Å². The van der Waals surface area contributed by atoms with Crippen molar-refractivity contribution in [2.45, 2.75) is 45.4 Å². The van der Waals surface area contributed by atoms with Gasteiger partial charge in [0.15, 0.2) is 5.89 Å². The van der Waals surface area contributed by atoms with E-state index < -0.39 is 5.97 Å². The minimum absolute atomic E-state index is 0.0318. The van der Waals surface area contributed by atoms with E-state index in [0.29, 0.717) is 23.9 Å². The van der Waals surface area contributed by atoms with E-state index in [9.17, 15) is 4.79 Å². The van der Waals surface area contributed by atoms with Crippen LogP contribution in [0, 0.1) is 5.92 Å². The molecule has 1 atom stereocenters. The Bertz CT molecular complexity index is 393. The summed E-state index contributed by atoms with van der Waals surface area (Å²) in [6.45, 7) is 4.06. The number of carboxylic acid groups (broad SMARTS) is 1. The van der Waals surface area contributed by atoms with Gasteiger partial charge in [0.05, 0.1) is 5.69 Å². The quantitative estimate of drug-likeness (QED) is 0.833. The molecule has 4 nitrogen and oxygen atoms in total. The van der Waals surface area contributed by atoms with Crippen LogP contribution in [-0.2, 0) is 6.42 Å². The number of aromatic carboxylic acids is 1. The summed E-state index contributed by atoms with van der Waals surface area (Å²) in [5.41, 5.74) is 0.595. The predicted octanol–water partition coefficient (Wildman–Crippen LogP) is 2.84. The smallest absolute Gasteiger partial charge is 0.373 e. The van der Waals surface area contributed by atoms with Crippen molar-refractivity contribution < 1.29 is 14.3 Å². The number of aryl methyl sites for hydroxylation is 1. The third-order valence-electron chi connectivity index (χ3n) is 3.11. The van der Waals surface area contributed by atoms with Crippen LogP contribution in [0.25, 0.3) is 0 Å². The number of hydrogen-bond donors (Lipinski definition) is 1. The molecule has 0 radical (unpaired) electrons. The molecule has 1 saturated carbocycles. The van der Waals surface area contributed by atoms with Gasteiger partial charge in [-0.2, -0.15) is 0 Å². The first-order chi connectivity index (χ1) is 7.63. The summed E-state index contributed by atoms with van der Waals surface area (Å²) in [5, 5.41) is 9.01. The second kappa shape index (κ2) is 4.28. The summed E-state index contributed by atoms with van der Waals surface area (Å²) >= 11 is 0. The summed E-state index contributed by atoms with van der Waals surface area (Å²) in [4.78, 5) is 15.3. The van der Waals surface area contributed by atoms with E-state index in [2.05, 4.69) is 11.9 Å². The molecular weight excluding hydrogens is 206 g/mol. The number of rotatable bonds is 5. The maximum absolute atomic E-state index is 11.0. The molecule has 1 aliphatic carbocycles. The van der Waals surface area contributed by atoms with Crippen LogP contribution >= 0.6 is 0 Å². The molecule has 88 valence electrons. The van der Waals surface area contributed by atoms with Crippen LogP contribution in [0.2, 0.25) is 0 Å². The Morgan fingerprint density at radius 2 is 2.31 bits per heavy atom. The van der Waals surface area contributed by atoms with Crippen LogP contribution in [0.15, 0.2) is 4.42 Å². The average molecular weight is 223 g/mol. The van der Waals surface area contributed by atoms with Gasteiger partial charge in [0.2, 0.25) is 5.76 Å². The molecule has 1 fully saturated rings. The lowest BCUT2D eigenvalue weighted by Crippen LogP contribution is -1.99. The fourth-order valence-electron chi connectivity index (χ4n) is 1.94. The van der Waals surface area contributed by atoms with E-state index in [0.717, 1.165) is 6.42 Å². The molecule has 1 unspecified atom stereocenters. The highest BCUT2D eigenvalue weighted by Gasteiger charge is 2.33. The van der Waals surface area contributed by atoms with E-state index in [-0.39, 0.29) is 11.7 Å². The second-order valence-corrected chi connectivity index (χ2v) is 4.51. The Balaban J connectivity index is 2.25. The van der Waals surface area contributed by atoms with Crippen molar-refractivity contribution >= 4 is 5.97 Å². The van der Waals surface area contributed by atoms with Crippen molar-refractivity contribution in [3.05, 3.63) is 17.3 Å². The van der Waals surface area contributed by atoms with Gasteiger partial charge in [-0.15, -0.1) is 0 Å². The van der Waals surface area contributed by atoms with E-state index >= 15 is 0 Å². The number of nitrogens with zero attached hydrogens (tertiary/aromatic N) is 1. The molecule has 1 aromatic rings. The number of oxazole rings is 1. The fourth-order valence-corrected chi connectivity index (χ4v) is 1.94. The van der Waals surface area contributed by atoms with Gasteiger partial charge in [-0.3, -0.25) is 0 Å².